The highest BCUT2D eigenvalue weighted by Crippen LogP contribution is 2.24. The van der Waals surface area contributed by atoms with Crippen LogP contribution < -0.4 is 11.3 Å². The molecule has 3 N–H and O–H groups in total. The molecule has 0 spiro atoms. The molecule has 2 aromatic rings. The Hall–Kier alpha value is -0.940. The van der Waals surface area contributed by atoms with Crippen molar-refractivity contribution in [2.75, 3.05) is 0 Å². The van der Waals surface area contributed by atoms with E-state index in [0.717, 1.165) is 12.0 Å². The summed E-state index contributed by atoms with van der Waals surface area (Å²) in [6, 6.07) is 6.09. The quantitative estimate of drug-likeness (QED) is 0.650. The number of rotatable bonds is 4. The van der Waals surface area contributed by atoms with Crippen molar-refractivity contribution in [2.24, 2.45) is 5.84 Å². The summed E-state index contributed by atoms with van der Waals surface area (Å²) in [5.74, 6) is 5.56. The Kier molecular flexibility index (Phi) is 3.90. The van der Waals surface area contributed by atoms with Gasteiger partial charge in [0.15, 0.2) is 0 Å². The molecule has 16 heavy (non-hydrogen) atoms. The van der Waals surface area contributed by atoms with Crippen LogP contribution in [0.15, 0.2) is 36.0 Å². The molecule has 2 rings (SSSR count). The Morgan fingerprint density at radius 2 is 2.38 bits per heavy atom. The molecule has 0 saturated carbocycles. The molecular weight excluding hydrogens is 242 g/mol. The highest BCUT2D eigenvalue weighted by atomic mass is 35.5. The molecule has 0 aromatic carbocycles. The zero-order chi connectivity index (χ0) is 11.4. The number of nitrogens with zero attached hydrogens (tertiary/aromatic N) is 1. The van der Waals surface area contributed by atoms with Crippen molar-refractivity contribution < 1.29 is 0 Å². The molecule has 1 unspecified atom stereocenters. The predicted molar refractivity (Wildman–Crippen MR) is 67.3 cm³/mol. The number of nitrogens with one attached hydrogen (secondary N) is 1. The lowest BCUT2D eigenvalue weighted by Crippen LogP contribution is -2.29. The first-order chi connectivity index (χ1) is 7.81. The summed E-state index contributed by atoms with van der Waals surface area (Å²) in [5, 5.41) is 2.72. The lowest BCUT2D eigenvalue weighted by Gasteiger charge is -2.14. The summed E-state index contributed by atoms with van der Waals surface area (Å²) >= 11 is 7.74. The third-order valence-corrected chi connectivity index (χ3v) is 3.69. The third-order valence-electron chi connectivity index (χ3n) is 2.37. The van der Waals surface area contributed by atoms with Gasteiger partial charge in [-0.05, 0) is 29.5 Å². The van der Waals surface area contributed by atoms with Gasteiger partial charge in [0.05, 0.1) is 11.1 Å². The molecule has 0 bridgehead atoms. The van der Waals surface area contributed by atoms with Crippen LogP contribution in [0.1, 0.15) is 16.5 Å². The number of hydrogen-bond donors (Lipinski definition) is 2. The minimum Gasteiger partial charge on any atom is -0.271 e. The largest absolute Gasteiger partial charge is 0.271 e. The maximum Gasteiger partial charge on any atom is 0.0622 e. The second-order valence-electron chi connectivity index (χ2n) is 3.41. The van der Waals surface area contributed by atoms with Crippen LogP contribution in [0.2, 0.25) is 5.02 Å². The molecule has 0 fully saturated rings. The van der Waals surface area contributed by atoms with E-state index in [1.807, 2.05) is 17.5 Å². The molecule has 5 heteroatoms. The number of hydrogen-bond acceptors (Lipinski definition) is 4. The van der Waals surface area contributed by atoms with E-state index < -0.39 is 0 Å². The molecule has 0 amide bonds. The van der Waals surface area contributed by atoms with Crippen molar-refractivity contribution in [3.63, 3.8) is 0 Å². The molecule has 1 atom stereocenters. The van der Waals surface area contributed by atoms with Crippen molar-refractivity contribution in [3.8, 4) is 0 Å². The van der Waals surface area contributed by atoms with Gasteiger partial charge in [-0.2, -0.15) is 0 Å². The van der Waals surface area contributed by atoms with Crippen LogP contribution in [0.5, 0.6) is 0 Å². The molecule has 0 saturated heterocycles. The summed E-state index contributed by atoms with van der Waals surface area (Å²) in [6.45, 7) is 0. The Morgan fingerprint density at radius 1 is 1.50 bits per heavy atom. The van der Waals surface area contributed by atoms with E-state index in [2.05, 4.69) is 16.5 Å². The zero-order valence-electron chi connectivity index (χ0n) is 8.56. The molecule has 84 valence electrons. The summed E-state index contributed by atoms with van der Waals surface area (Å²) in [5.41, 5.74) is 3.86. The van der Waals surface area contributed by atoms with E-state index in [9.17, 15) is 0 Å². The third kappa shape index (κ3) is 2.59. The Bertz CT molecular complexity index is 444. The maximum absolute atomic E-state index is 6.06. The second-order valence-corrected chi connectivity index (χ2v) is 4.79. The van der Waals surface area contributed by atoms with E-state index in [-0.39, 0.29) is 6.04 Å². The molecule has 2 aromatic heterocycles. The lowest BCUT2D eigenvalue weighted by atomic mass is 10.1. The SMILES string of the molecule is NNC(Cc1ccncc1Cl)c1cccs1. The molecular formula is C11H12ClN3S. The lowest BCUT2D eigenvalue weighted by molar-refractivity contribution is 0.560. The Balaban J connectivity index is 2.17. The van der Waals surface area contributed by atoms with Gasteiger partial charge in [0.1, 0.15) is 0 Å². The van der Waals surface area contributed by atoms with E-state index in [1.165, 1.54) is 4.88 Å². The normalized spacial score (nSPS) is 12.6. The summed E-state index contributed by atoms with van der Waals surface area (Å²) in [7, 11) is 0. The minimum atomic E-state index is 0.0971. The van der Waals surface area contributed by atoms with Gasteiger partial charge in [-0.15, -0.1) is 11.3 Å². The zero-order valence-corrected chi connectivity index (χ0v) is 10.1. The van der Waals surface area contributed by atoms with Crippen LogP contribution in [0.25, 0.3) is 0 Å². The minimum absolute atomic E-state index is 0.0971. The van der Waals surface area contributed by atoms with Crippen molar-refractivity contribution in [1.82, 2.24) is 10.4 Å². The topological polar surface area (TPSA) is 50.9 Å². The van der Waals surface area contributed by atoms with E-state index in [0.29, 0.717) is 5.02 Å². The van der Waals surface area contributed by atoms with Crippen LogP contribution in [-0.2, 0) is 6.42 Å². The smallest absolute Gasteiger partial charge is 0.0622 e. The fourth-order valence-corrected chi connectivity index (χ4v) is 2.50. The number of halogens is 1. The monoisotopic (exact) mass is 253 g/mol. The fraction of sp³-hybridized carbons (Fsp3) is 0.182. The molecule has 0 aliphatic heterocycles. The predicted octanol–water partition coefficient (Wildman–Crippen LogP) is 2.54. The molecule has 0 aliphatic carbocycles. The first-order valence-corrected chi connectivity index (χ1v) is 6.15. The fourth-order valence-electron chi connectivity index (χ4n) is 1.52. The van der Waals surface area contributed by atoms with Crippen LogP contribution in [0, 0.1) is 0 Å². The average molecular weight is 254 g/mol. The van der Waals surface area contributed by atoms with Crippen molar-refractivity contribution in [2.45, 2.75) is 12.5 Å². The number of thiophene rings is 1. The average Bonchev–Trinajstić information content (AvgIpc) is 2.81. The highest BCUT2D eigenvalue weighted by molar-refractivity contribution is 7.10. The van der Waals surface area contributed by atoms with Crippen LogP contribution >= 0.6 is 22.9 Å². The van der Waals surface area contributed by atoms with Crippen LogP contribution in [-0.4, -0.2) is 4.98 Å². The Morgan fingerprint density at radius 3 is 3.00 bits per heavy atom. The second kappa shape index (κ2) is 5.41. The highest BCUT2D eigenvalue weighted by Gasteiger charge is 2.13. The van der Waals surface area contributed by atoms with Gasteiger partial charge in [0.25, 0.3) is 0 Å². The maximum atomic E-state index is 6.06. The van der Waals surface area contributed by atoms with Gasteiger partial charge < -0.3 is 0 Å². The van der Waals surface area contributed by atoms with E-state index in [4.69, 9.17) is 17.4 Å². The van der Waals surface area contributed by atoms with Crippen molar-refractivity contribution >= 4 is 22.9 Å². The standard InChI is InChI=1S/C11H12ClN3S/c12-9-7-14-4-3-8(9)6-10(15-13)11-2-1-5-16-11/h1-5,7,10,15H,6,13H2. The number of nitrogens with two attached hydrogens (primary N) is 1. The van der Waals surface area contributed by atoms with E-state index >= 15 is 0 Å². The van der Waals surface area contributed by atoms with E-state index in [1.54, 1.807) is 23.7 Å². The van der Waals surface area contributed by atoms with Gasteiger partial charge in [0, 0.05) is 17.3 Å². The van der Waals surface area contributed by atoms with Gasteiger partial charge >= 0.3 is 0 Å². The van der Waals surface area contributed by atoms with Crippen molar-refractivity contribution in [3.05, 3.63) is 51.4 Å². The molecule has 0 aliphatic rings. The summed E-state index contributed by atoms with van der Waals surface area (Å²) in [4.78, 5) is 5.16. The van der Waals surface area contributed by atoms with Gasteiger partial charge in [0.2, 0.25) is 0 Å². The molecule has 3 nitrogen and oxygen atoms in total. The van der Waals surface area contributed by atoms with Crippen molar-refractivity contribution in [1.29, 1.82) is 0 Å². The number of aromatic nitrogens is 1. The Labute approximate surface area is 103 Å². The van der Waals surface area contributed by atoms with Gasteiger partial charge in [-0.25, -0.2) is 0 Å². The van der Waals surface area contributed by atoms with Crippen LogP contribution in [0.3, 0.4) is 0 Å². The van der Waals surface area contributed by atoms with Crippen LogP contribution in [0.4, 0.5) is 0 Å². The molecule has 2 heterocycles. The summed E-state index contributed by atoms with van der Waals surface area (Å²) < 4.78 is 0. The summed E-state index contributed by atoms with van der Waals surface area (Å²) in [6.07, 6.45) is 4.15. The van der Waals surface area contributed by atoms with Gasteiger partial charge in [-0.1, -0.05) is 17.7 Å². The number of hydrazine groups is 1. The first kappa shape index (κ1) is 11.5. The molecule has 0 radical (unpaired) electrons. The first-order valence-electron chi connectivity index (χ1n) is 4.89. The number of pyridine rings is 1. The van der Waals surface area contributed by atoms with Gasteiger partial charge in [-0.3, -0.25) is 16.3 Å².